The number of hydrogen-bond donors (Lipinski definition) is 2. The summed E-state index contributed by atoms with van der Waals surface area (Å²) in [7, 11) is 0. The van der Waals surface area contributed by atoms with E-state index >= 15 is 0 Å². The number of anilines is 1. The van der Waals surface area contributed by atoms with Gasteiger partial charge in [-0.25, -0.2) is 9.78 Å². The number of carbonyl (C=O) groups is 3. The van der Waals surface area contributed by atoms with Crippen LogP contribution in [0.2, 0.25) is 0 Å². The summed E-state index contributed by atoms with van der Waals surface area (Å²) in [5.41, 5.74) is 0.0759. The Labute approximate surface area is 151 Å². The molecule has 0 radical (unpaired) electrons. The summed E-state index contributed by atoms with van der Waals surface area (Å²) in [5.74, 6) is -0.325. The fourth-order valence-corrected chi connectivity index (χ4v) is 4.44. The Kier molecular flexibility index (Phi) is 4.81. The van der Waals surface area contributed by atoms with Gasteiger partial charge in [0.05, 0.1) is 5.69 Å². The van der Waals surface area contributed by atoms with Crippen molar-refractivity contribution in [2.45, 2.75) is 57.9 Å². The van der Waals surface area contributed by atoms with Gasteiger partial charge in [-0.1, -0.05) is 33.6 Å². The Hall–Kier alpha value is -1.96. The highest BCUT2D eigenvalue weighted by Gasteiger charge is 2.55. The summed E-state index contributed by atoms with van der Waals surface area (Å²) < 4.78 is 0. The lowest BCUT2D eigenvalue weighted by Crippen LogP contribution is -2.54. The molecular weight excluding hydrogens is 340 g/mol. The smallest absolute Gasteiger partial charge is 0.323 e. The third-order valence-electron chi connectivity index (χ3n) is 5.16. The molecule has 0 bridgehead atoms. The summed E-state index contributed by atoms with van der Waals surface area (Å²) in [5, 5.41) is 7.92. The van der Waals surface area contributed by atoms with E-state index in [2.05, 4.69) is 15.6 Å². The fourth-order valence-electron chi connectivity index (χ4n) is 3.55. The summed E-state index contributed by atoms with van der Waals surface area (Å²) in [4.78, 5) is 42.8. The second kappa shape index (κ2) is 6.74. The predicted molar refractivity (Wildman–Crippen MR) is 95.4 cm³/mol. The largest absolute Gasteiger partial charge is 0.325 e. The number of nitrogens with zero attached hydrogens (tertiary/aromatic N) is 2. The molecule has 136 valence electrons. The first kappa shape index (κ1) is 17.8. The van der Waals surface area contributed by atoms with Gasteiger partial charge in [-0.05, 0) is 24.7 Å². The molecule has 0 aromatic carbocycles. The van der Waals surface area contributed by atoms with Gasteiger partial charge in [0.25, 0.3) is 5.91 Å². The minimum Gasteiger partial charge on any atom is -0.323 e. The number of imide groups is 1. The average molecular weight is 364 g/mol. The van der Waals surface area contributed by atoms with Crippen LogP contribution in [0.25, 0.3) is 0 Å². The van der Waals surface area contributed by atoms with Crippen LogP contribution >= 0.6 is 11.3 Å². The molecule has 4 amide bonds. The molecule has 2 heterocycles. The van der Waals surface area contributed by atoms with E-state index in [1.165, 1.54) is 11.3 Å². The number of urea groups is 1. The number of amides is 4. The fraction of sp³-hybridized carbons (Fsp3) is 0.647. The van der Waals surface area contributed by atoms with Gasteiger partial charge in [0.1, 0.15) is 12.1 Å². The van der Waals surface area contributed by atoms with Crippen molar-refractivity contribution in [2.75, 3.05) is 11.9 Å². The van der Waals surface area contributed by atoms with Crippen molar-refractivity contribution in [1.29, 1.82) is 0 Å². The van der Waals surface area contributed by atoms with Crippen molar-refractivity contribution in [3.8, 4) is 0 Å². The minimum absolute atomic E-state index is 0.0818. The van der Waals surface area contributed by atoms with Crippen LogP contribution in [0.1, 0.15) is 58.1 Å². The summed E-state index contributed by atoms with van der Waals surface area (Å²) in [6.45, 7) is 5.76. The standard InChI is InChI=1S/C17H24N4O3S/c1-10(2)12-9-25-15(18-12)19-13(22)8-21-14(23)17(20-16(21)24)7-5-4-6-11(17)3/h9-11H,4-8H2,1-3H3,(H,20,24)(H,18,19,22). The molecule has 3 rings (SSSR count). The number of nitrogens with one attached hydrogen (secondary N) is 2. The maximum atomic E-state index is 12.8. The third-order valence-corrected chi connectivity index (χ3v) is 5.94. The molecular formula is C17H24N4O3S. The molecule has 1 aliphatic carbocycles. The third kappa shape index (κ3) is 3.27. The van der Waals surface area contributed by atoms with Gasteiger partial charge in [-0.3, -0.25) is 14.5 Å². The molecule has 1 saturated carbocycles. The molecule has 2 N–H and O–H groups in total. The van der Waals surface area contributed by atoms with E-state index in [9.17, 15) is 14.4 Å². The second-order valence-corrected chi connectivity index (χ2v) is 8.08. The van der Waals surface area contributed by atoms with Crippen molar-refractivity contribution in [1.82, 2.24) is 15.2 Å². The van der Waals surface area contributed by atoms with E-state index < -0.39 is 17.5 Å². The lowest BCUT2D eigenvalue weighted by atomic mass is 9.73. The summed E-state index contributed by atoms with van der Waals surface area (Å²) in [6.07, 6.45) is 3.52. The highest BCUT2D eigenvalue weighted by Crippen LogP contribution is 2.38. The number of aromatic nitrogens is 1. The van der Waals surface area contributed by atoms with E-state index in [1.54, 1.807) is 0 Å². The monoisotopic (exact) mass is 364 g/mol. The van der Waals surface area contributed by atoms with E-state index in [-0.39, 0.29) is 24.3 Å². The zero-order valence-corrected chi connectivity index (χ0v) is 15.6. The number of thiazole rings is 1. The molecule has 2 unspecified atom stereocenters. The molecule has 1 spiro atoms. The van der Waals surface area contributed by atoms with Crippen LogP contribution in [0.3, 0.4) is 0 Å². The molecule has 1 saturated heterocycles. The number of rotatable bonds is 4. The SMILES string of the molecule is CC(C)c1csc(NC(=O)CN2C(=O)NC3(CCCCC3C)C2=O)n1. The van der Waals surface area contributed by atoms with Gasteiger partial charge < -0.3 is 10.6 Å². The number of carbonyl (C=O) groups excluding carboxylic acids is 3. The Bertz CT molecular complexity index is 702. The zero-order valence-electron chi connectivity index (χ0n) is 14.8. The van der Waals surface area contributed by atoms with Crippen LogP contribution < -0.4 is 10.6 Å². The predicted octanol–water partition coefficient (Wildman–Crippen LogP) is 2.71. The number of hydrogen-bond acceptors (Lipinski definition) is 5. The van der Waals surface area contributed by atoms with Crippen LogP contribution in [0.4, 0.5) is 9.93 Å². The van der Waals surface area contributed by atoms with E-state index in [4.69, 9.17) is 0 Å². The highest BCUT2D eigenvalue weighted by atomic mass is 32.1. The van der Waals surface area contributed by atoms with Crippen LogP contribution in [0.15, 0.2) is 5.38 Å². The molecule has 2 aliphatic rings. The lowest BCUT2D eigenvalue weighted by molar-refractivity contribution is -0.136. The minimum atomic E-state index is -0.832. The van der Waals surface area contributed by atoms with Crippen molar-refractivity contribution in [3.05, 3.63) is 11.1 Å². The van der Waals surface area contributed by atoms with Crippen molar-refractivity contribution in [2.24, 2.45) is 5.92 Å². The molecule has 8 heteroatoms. The first-order chi connectivity index (χ1) is 11.8. The Morgan fingerprint density at radius 2 is 2.24 bits per heavy atom. The molecule has 25 heavy (non-hydrogen) atoms. The molecule has 2 fully saturated rings. The van der Waals surface area contributed by atoms with Gasteiger partial charge in [0.15, 0.2) is 5.13 Å². The maximum Gasteiger partial charge on any atom is 0.325 e. The maximum absolute atomic E-state index is 12.8. The Morgan fingerprint density at radius 3 is 2.88 bits per heavy atom. The Balaban J connectivity index is 1.66. The van der Waals surface area contributed by atoms with E-state index in [1.807, 2.05) is 26.2 Å². The van der Waals surface area contributed by atoms with Crippen molar-refractivity contribution >= 4 is 34.3 Å². The van der Waals surface area contributed by atoms with Gasteiger partial charge in [-0.2, -0.15) is 0 Å². The van der Waals surface area contributed by atoms with Crippen LogP contribution in [-0.4, -0.2) is 39.8 Å². The summed E-state index contributed by atoms with van der Waals surface area (Å²) in [6, 6.07) is -0.476. The molecule has 1 aliphatic heterocycles. The highest BCUT2D eigenvalue weighted by molar-refractivity contribution is 7.13. The molecule has 7 nitrogen and oxygen atoms in total. The van der Waals surface area contributed by atoms with Gasteiger partial charge in [-0.15, -0.1) is 11.3 Å². The van der Waals surface area contributed by atoms with Crippen molar-refractivity contribution in [3.63, 3.8) is 0 Å². The van der Waals surface area contributed by atoms with Gasteiger partial charge in [0.2, 0.25) is 5.91 Å². The average Bonchev–Trinajstić information content (AvgIpc) is 3.10. The summed E-state index contributed by atoms with van der Waals surface area (Å²) >= 11 is 1.34. The normalized spacial score (nSPS) is 26.4. The van der Waals surface area contributed by atoms with Gasteiger partial charge >= 0.3 is 6.03 Å². The van der Waals surface area contributed by atoms with Crippen LogP contribution in [0.5, 0.6) is 0 Å². The topological polar surface area (TPSA) is 91.4 Å². The molecule has 2 atom stereocenters. The van der Waals surface area contributed by atoms with E-state index in [0.29, 0.717) is 11.6 Å². The van der Waals surface area contributed by atoms with Crippen molar-refractivity contribution < 1.29 is 14.4 Å². The molecule has 1 aromatic heterocycles. The zero-order chi connectivity index (χ0) is 18.2. The second-order valence-electron chi connectivity index (χ2n) is 7.22. The van der Waals surface area contributed by atoms with E-state index in [0.717, 1.165) is 29.9 Å². The Morgan fingerprint density at radius 1 is 1.48 bits per heavy atom. The quantitative estimate of drug-likeness (QED) is 0.804. The first-order valence-corrected chi connectivity index (χ1v) is 9.61. The first-order valence-electron chi connectivity index (χ1n) is 8.73. The van der Waals surface area contributed by atoms with Gasteiger partial charge in [0, 0.05) is 5.38 Å². The lowest BCUT2D eigenvalue weighted by Gasteiger charge is -2.36. The van der Waals surface area contributed by atoms with Crippen LogP contribution in [-0.2, 0) is 9.59 Å². The van der Waals surface area contributed by atoms with Crippen LogP contribution in [0, 0.1) is 5.92 Å². The molecule has 1 aromatic rings.